The second kappa shape index (κ2) is 15.0. The molecule has 2 fully saturated rings. The van der Waals surface area contributed by atoms with Crippen LogP contribution in [0.1, 0.15) is 76.8 Å². The molecule has 5 rings (SSSR count). The Labute approximate surface area is 303 Å². The Bertz CT molecular complexity index is 1700. The quantitative estimate of drug-likeness (QED) is 0.381. The minimum Gasteiger partial charge on any atom is -0.444 e. The van der Waals surface area contributed by atoms with Gasteiger partial charge < -0.3 is 25.0 Å². The lowest BCUT2D eigenvalue weighted by atomic mass is 10.0. The Morgan fingerprint density at radius 1 is 1.08 bits per heavy atom. The molecule has 51 heavy (non-hydrogen) atoms. The maximum absolute atomic E-state index is 14.3. The minimum atomic E-state index is -4.18. The van der Waals surface area contributed by atoms with Crippen LogP contribution in [0, 0.1) is 5.92 Å². The van der Waals surface area contributed by atoms with E-state index in [2.05, 4.69) is 15.4 Å². The van der Waals surface area contributed by atoms with Crippen LogP contribution >= 0.6 is 11.6 Å². The third-order valence-corrected chi connectivity index (χ3v) is 11.1. The summed E-state index contributed by atoms with van der Waals surface area (Å²) >= 11 is 6.14. The van der Waals surface area contributed by atoms with E-state index in [1.807, 2.05) is 12.1 Å². The van der Waals surface area contributed by atoms with Gasteiger partial charge in [0, 0.05) is 44.5 Å². The first-order chi connectivity index (χ1) is 23.9. The van der Waals surface area contributed by atoms with E-state index >= 15 is 0 Å². The summed E-state index contributed by atoms with van der Waals surface area (Å²) in [5.41, 5.74) is -0.604. The fraction of sp³-hybridized carbons (Fsp3) is 0.618. The molecule has 3 N–H and O–H groups in total. The van der Waals surface area contributed by atoms with Crippen molar-refractivity contribution >= 4 is 51.7 Å². The maximum Gasteiger partial charge on any atom is 0.410 e. The number of benzene rings is 1. The second-order valence-electron chi connectivity index (χ2n) is 14.8. The molecule has 3 heterocycles. The largest absolute Gasteiger partial charge is 0.444 e. The van der Waals surface area contributed by atoms with Gasteiger partial charge in [0.05, 0.1) is 6.54 Å². The molecule has 5 atom stereocenters. The van der Waals surface area contributed by atoms with Gasteiger partial charge >= 0.3 is 22.4 Å². The molecule has 0 radical (unpaired) electrons. The Morgan fingerprint density at radius 2 is 1.80 bits per heavy atom. The first kappa shape index (κ1) is 38.3. The lowest BCUT2D eigenvalue weighted by Crippen LogP contribution is -2.58. The molecule has 0 aromatic heterocycles. The van der Waals surface area contributed by atoms with Crippen molar-refractivity contribution in [2.45, 2.75) is 108 Å². The number of carbonyl (C=O) groups excluding carboxylic acids is 5. The van der Waals surface area contributed by atoms with Gasteiger partial charge in [-0.15, -0.1) is 0 Å². The molecule has 0 bridgehead atoms. The van der Waals surface area contributed by atoms with Crippen LogP contribution in [-0.2, 0) is 47.2 Å². The van der Waals surface area contributed by atoms with E-state index in [4.69, 9.17) is 21.1 Å². The molecule has 1 saturated heterocycles. The van der Waals surface area contributed by atoms with Crippen molar-refractivity contribution in [3.05, 3.63) is 46.5 Å². The molecule has 4 aliphatic rings. The van der Waals surface area contributed by atoms with Crippen LogP contribution in [0.4, 0.5) is 9.59 Å². The molecule has 3 aliphatic heterocycles. The molecular formula is C34H47ClN6O9S. The Kier molecular flexibility index (Phi) is 11.3. The molecule has 15 nitrogen and oxygen atoms in total. The summed E-state index contributed by atoms with van der Waals surface area (Å²) < 4.78 is 39.4. The fourth-order valence-electron chi connectivity index (χ4n) is 6.62. The summed E-state index contributed by atoms with van der Waals surface area (Å²) in [7, 11) is -1.64. The van der Waals surface area contributed by atoms with Crippen molar-refractivity contribution in [3.63, 3.8) is 0 Å². The predicted octanol–water partition coefficient (Wildman–Crippen LogP) is 2.97. The first-order valence-electron chi connectivity index (χ1n) is 17.1. The lowest BCUT2D eigenvalue weighted by Gasteiger charge is -2.30. The highest BCUT2D eigenvalue weighted by molar-refractivity contribution is 7.87. The van der Waals surface area contributed by atoms with Crippen molar-refractivity contribution in [3.8, 4) is 0 Å². The van der Waals surface area contributed by atoms with Crippen molar-refractivity contribution < 1.29 is 41.9 Å². The number of fused-ring (bicyclic) bond motifs is 3. The van der Waals surface area contributed by atoms with Gasteiger partial charge in [-0.05, 0) is 69.7 Å². The number of amides is 5. The summed E-state index contributed by atoms with van der Waals surface area (Å²) in [6, 6.07) is 3.10. The number of alkyl carbamates (subject to hydrolysis) is 1. The topological polar surface area (TPSA) is 184 Å². The molecule has 17 heteroatoms. The highest BCUT2D eigenvalue weighted by atomic mass is 35.5. The van der Waals surface area contributed by atoms with Gasteiger partial charge in [-0.1, -0.05) is 42.7 Å². The minimum absolute atomic E-state index is 0.0940. The number of halogens is 1. The van der Waals surface area contributed by atoms with Crippen LogP contribution in [0.15, 0.2) is 30.4 Å². The monoisotopic (exact) mass is 750 g/mol. The summed E-state index contributed by atoms with van der Waals surface area (Å²) in [5.74, 6) is -2.68. The Morgan fingerprint density at radius 3 is 2.51 bits per heavy atom. The molecule has 5 amide bonds. The third-order valence-electron chi connectivity index (χ3n) is 9.45. The van der Waals surface area contributed by atoms with Crippen LogP contribution in [0.3, 0.4) is 0 Å². The second-order valence-corrected chi connectivity index (χ2v) is 17.1. The molecule has 280 valence electrons. The van der Waals surface area contributed by atoms with Crippen molar-refractivity contribution in [1.29, 1.82) is 0 Å². The van der Waals surface area contributed by atoms with E-state index in [1.165, 1.54) is 23.9 Å². The van der Waals surface area contributed by atoms with Crippen LogP contribution in [0.25, 0.3) is 0 Å². The zero-order valence-electron chi connectivity index (χ0n) is 29.6. The first-order valence-corrected chi connectivity index (χ1v) is 19.0. The number of nitrogens with one attached hydrogen (secondary N) is 3. The van der Waals surface area contributed by atoms with Crippen LogP contribution < -0.4 is 15.4 Å². The summed E-state index contributed by atoms with van der Waals surface area (Å²) in [5, 5.41) is 5.99. The molecule has 0 spiro atoms. The van der Waals surface area contributed by atoms with E-state index < -0.39 is 75.4 Å². The van der Waals surface area contributed by atoms with Crippen molar-refractivity contribution in [1.82, 2.24) is 29.5 Å². The highest BCUT2D eigenvalue weighted by Gasteiger charge is 2.62. The van der Waals surface area contributed by atoms with Gasteiger partial charge in [-0.2, -0.15) is 12.7 Å². The molecule has 1 saturated carbocycles. The van der Waals surface area contributed by atoms with Gasteiger partial charge in [0.2, 0.25) is 11.8 Å². The Hall–Kier alpha value is -3.89. The molecular weight excluding hydrogens is 704 g/mol. The normalized spacial score (nSPS) is 27.6. The smallest absolute Gasteiger partial charge is 0.410 e. The molecule has 1 aliphatic carbocycles. The lowest BCUT2D eigenvalue weighted by molar-refractivity contribution is -0.141. The van der Waals surface area contributed by atoms with Gasteiger partial charge in [-0.25, -0.2) is 14.3 Å². The van der Waals surface area contributed by atoms with Crippen molar-refractivity contribution in [2.75, 3.05) is 20.6 Å². The van der Waals surface area contributed by atoms with E-state index in [0.29, 0.717) is 24.4 Å². The molecule has 1 aromatic carbocycles. The Balaban J connectivity index is 1.41. The zero-order chi connectivity index (χ0) is 37.3. The van der Waals surface area contributed by atoms with Crippen LogP contribution in [-0.4, -0.2) is 102 Å². The van der Waals surface area contributed by atoms with E-state index in [1.54, 1.807) is 39.0 Å². The number of ether oxygens (including phenoxy) is 2. The third kappa shape index (κ3) is 9.13. The van der Waals surface area contributed by atoms with E-state index in [-0.39, 0.29) is 32.4 Å². The number of nitrogens with zero attached hydrogens (tertiary/aromatic N) is 3. The van der Waals surface area contributed by atoms with Gasteiger partial charge in [0.15, 0.2) is 0 Å². The SMILES string of the molecule is CN(C)S(=O)(=O)NC(=O)[C@@]12C[C@H]1/C=C\CCCCC[C@H](NC(=O)OC(C)(C)C)C(=O)N1C[C@H](OC(=O)N3Cc4ccc(Cl)cc4C3)C[C@H]1C(=O)N2. The maximum atomic E-state index is 14.3. The number of carbonyl (C=O) groups is 5. The van der Waals surface area contributed by atoms with Gasteiger partial charge in [0.1, 0.15) is 29.3 Å². The van der Waals surface area contributed by atoms with E-state index in [0.717, 1.165) is 28.3 Å². The summed E-state index contributed by atoms with van der Waals surface area (Å²) in [6.07, 6.45) is 4.42. The summed E-state index contributed by atoms with van der Waals surface area (Å²) in [6.45, 7) is 5.53. The molecule has 0 unspecified atom stereocenters. The van der Waals surface area contributed by atoms with Gasteiger partial charge in [0.25, 0.3) is 5.91 Å². The van der Waals surface area contributed by atoms with Crippen LogP contribution in [0.5, 0.6) is 0 Å². The van der Waals surface area contributed by atoms with Gasteiger partial charge in [-0.3, -0.25) is 19.3 Å². The predicted molar refractivity (Wildman–Crippen MR) is 186 cm³/mol. The number of rotatable bonds is 5. The molecule has 1 aromatic rings. The number of hydrogen-bond donors (Lipinski definition) is 3. The standard InChI is InChI=1S/C34H47ClN6O9S/c1-33(2,3)50-31(45)36-26-12-10-8-6-7-9-11-23-17-34(23,30(44)38-51(47,48)39(4)5)37-28(42)27-16-25(20-41(27)29(26)43)49-32(46)40-18-21-13-14-24(35)15-22(21)19-40/h9,11,13-15,23,25-27H,6-8,10,12,16-20H2,1-5H3,(H,36,45)(H,37,42)(H,38,44)/b11-9-/t23-,25-,26+,27+,34-/m1/s1. The van der Waals surface area contributed by atoms with Crippen molar-refractivity contribution in [2.24, 2.45) is 5.92 Å². The highest BCUT2D eigenvalue weighted by Crippen LogP contribution is 2.46. The fourth-order valence-corrected chi connectivity index (χ4v) is 7.42. The zero-order valence-corrected chi connectivity index (χ0v) is 31.1. The van der Waals surface area contributed by atoms with Crippen LogP contribution in [0.2, 0.25) is 5.02 Å². The summed E-state index contributed by atoms with van der Waals surface area (Å²) in [4.78, 5) is 71.0. The number of hydrogen-bond acceptors (Lipinski definition) is 9. The average molecular weight is 751 g/mol. The average Bonchev–Trinajstić information content (AvgIpc) is 3.33. The van der Waals surface area contributed by atoms with E-state index in [9.17, 15) is 32.4 Å². The number of allylic oxidation sites excluding steroid dienone is 1.